The molecular weight excluding hydrogens is 478 g/mol. The van der Waals surface area contributed by atoms with E-state index in [9.17, 15) is 0 Å². The third-order valence-electron chi connectivity index (χ3n) is 6.77. The van der Waals surface area contributed by atoms with Crippen LogP contribution < -0.4 is 4.74 Å². The molecule has 0 aliphatic carbocycles. The predicted molar refractivity (Wildman–Crippen MR) is 158 cm³/mol. The molecule has 39 heavy (non-hydrogen) atoms. The Morgan fingerprint density at radius 1 is 0.359 bits per heavy atom. The molecule has 0 aliphatic heterocycles. The van der Waals surface area contributed by atoms with Crippen LogP contribution in [-0.4, -0.2) is 15.0 Å². The van der Waals surface area contributed by atoms with Gasteiger partial charge in [0.25, 0.3) is 0 Å². The number of fused-ring (bicyclic) bond motifs is 2. The van der Waals surface area contributed by atoms with Crippen molar-refractivity contribution in [1.29, 1.82) is 0 Å². The third-order valence-corrected chi connectivity index (χ3v) is 6.77. The first-order chi connectivity index (χ1) is 19.3. The molecule has 0 saturated carbocycles. The van der Waals surface area contributed by atoms with Crippen LogP contribution in [0.5, 0.6) is 11.5 Å². The van der Waals surface area contributed by atoms with Crippen LogP contribution in [0.2, 0.25) is 0 Å². The van der Waals surface area contributed by atoms with Crippen molar-refractivity contribution in [2.75, 3.05) is 0 Å². The minimum Gasteiger partial charge on any atom is -0.456 e. The Balaban J connectivity index is 1.54. The average Bonchev–Trinajstić information content (AvgIpc) is 3.02. The van der Waals surface area contributed by atoms with Gasteiger partial charge in [0.05, 0.1) is 0 Å². The van der Waals surface area contributed by atoms with Crippen molar-refractivity contribution in [2.45, 2.75) is 0 Å². The summed E-state index contributed by atoms with van der Waals surface area (Å²) in [5.41, 5.74) is 2.84. The summed E-state index contributed by atoms with van der Waals surface area (Å²) in [6.45, 7) is 0. The molecule has 4 nitrogen and oxygen atoms in total. The number of ether oxygens (including phenoxy) is 1. The van der Waals surface area contributed by atoms with Crippen LogP contribution in [0.25, 0.3) is 55.7 Å². The molecule has 6 aromatic carbocycles. The molecule has 0 fully saturated rings. The zero-order valence-electron chi connectivity index (χ0n) is 21.0. The summed E-state index contributed by atoms with van der Waals surface area (Å²) in [4.78, 5) is 15.0. The Bertz CT molecular complexity index is 1810. The summed E-state index contributed by atoms with van der Waals surface area (Å²) in [5.74, 6) is 3.51. The molecule has 1 heterocycles. The summed E-state index contributed by atoms with van der Waals surface area (Å²) in [6, 6.07) is 46.6. The van der Waals surface area contributed by atoms with Crippen molar-refractivity contribution in [3.05, 3.63) is 140 Å². The van der Waals surface area contributed by atoms with Gasteiger partial charge < -0.3 is 4.74 Å². The molecule has 7 rings (SSSR count). The van der Waals surface area contributed by atoms with Crippen LogP contribution >= 0.6 is 0 Å². The minimum atomic E-state index is 0.626. The lowest BCUT2D eigenvalue weighted by Crippen LogP contribution is -2.01. The molecular formula is C35H23N3O. The van der Waals surface area contributed by atoms with Crippen LogP contribution in [0, 0.1) is 0 Å². The number of rotatable bonds is 5. The molecule has 0 atom stereocenters. The molecule has 0 N–H and O–H groups in total. The van der Waals surface area contributed by atoms with Gasteiger partial charge in [0.2, 0.25) is 0 Å². The fourth-order valence-electron chi connectivity index (χ4n) is 4.97. The van der Waals surface area contributed by atoms with Crippen molar-refractivity contribution >= 4 is 21.5 Å². The maximum Gasteiger partial charge on any atom is 0.165 e. The lowest BCUT2D eigenvalue weighted by molar-refractivity contribution is 0.494. The average molecular weight is 502 g/mol. The quantitative estimate of drug-likeness (QED) is 0.221. The highest BCUT2D eigenvalue weighted by Gasteiger charge is 2.20. The van der Waals surface area contributed by atoms with E-state index in [0.29, 0.717) is 17.5 Å². The Morgan fingerprint density at radius 3 is 1.23 bits per heavy atom. The van der Waals surface area contributed by atoms with Gasteiger partial charge in [-0.2, -0.15) is 0 Å². The summed E-state index contributed by atoms with van der Waals surface area (Å²) >= 11 is 0. The minimum absolute atomic E-state index is 0.626. The molecule has 0 radical (unpaired) electrons. The van der Waals surface area contributed by atoms with Crippen LogP contribution in [0.4, 0.5) is 0 Å². The van der Waals surface area contributed by atoms with Crippen molar-refractivity contribution in [1.82, 2.24) is 15.0 Å². The highest BCUT2D eigenvalue weighted by molar-refractivity contribution is 6.16. The largest absolute Gasteiger partial charge is 0.456 e. The van der Waals surface area contributed by atoms with Crippen LogP contribution in [-0.2, 0) is 0 Å². The van der Waals surface area contributed by atoms with E-state index in [0.717, 1.165) is 49.7 Å². The molecule has 0 unspecified atom stereocenters. The maximum atomic E-state index is 6.53. The highest BCUT2D eigenvalue weighted by Crippen LogP contribution is 2.44. The second-order valence-corrected chi connectivity index (χ2v) is 9.25. The van der Waals surface area contributed by atoms with E-state index in [2.05, 4.69) is 24.3 Å². The highest BCUT2D eigenvalue weighted by atomic mass is 16.5. The van der Waals surface area contributed by atoms with Crippen LogP contribution in [0.1, 0.15) is 0 Å². The molecule has 0 bridgehead atoms. The monoisotopic (exact) mass is 501 g/mol. The van der Waals surface area contributed by atoms with E-state index < -0.39 is 0 Å². The zero-order valence-corrected chi connectivity index (χ0v) is 21.0. The van der Waals surface area contributed by atoms with Gasteiger partial charge in [-0.1, -0.05) is 127 Å². The van der Waals surface area contributed by atoms with Crippen LogP contribution in [0.3, 0.4) is 0 Å². The molecule has 4 heteroatoms. The lowest BCUT2D eigenvalue weighted by Gasteiger charge is -2.17. The van der Waals surface area contributed by atoms with E-state index >= 15 is 0 Å². The summed E-state index contributed by atoms with van der Waals surface area (Å²) < 4.78 is 6.53. The summed E-state index contributed by atoms with van der Waals surface area (Å²) in [5, 5.41) is 4.04. The zero-order chi connectivity index (χ0) is 26.0. The third kappa shape index (κ3) is 4.28. The Labute approximate surface area is 226 Å². The van der Waals surface area contributed by atoms with Gasteiger partial charge in [-0.15, -0.1) is 0 Å². The summed E-state index contributed by atoms with van der Waals surface area (Å²) in [7, 11) is 0. The maximum absolute atomic E-state index is 6.53. The number of aromatic nitrogens is 3. The number of benzene rings is 6. The lowest BCUT2D eigenvalue weighted by atomic mass is 9.95. The fourth-order valence-corrected chi connectivity index (χ4v) is 4.97. The Kier molecular flexibility index (Phi) is 5.76. The molecule has 0 amide bonds. The van der Waals surface area contributed by atoms with Gasteiger partial charge in [0.15, 0.2) is 17.5 Å². The molecule has 0 spiro atoms. The van der Waals surface area contributed by atoms with Crippen molar-refractivity contribution in [2.24, 2.45) is 0 Å². The second-order valence-electron chi connectivity index (χ2n) is 9.25. The van der Waals surface area contributed by atoms with Gasteiger partial charge in [0.1, 0.15) is 11.5 Å². The first-order valence-electron chi connectivity index (χ1n) is 12.9. The second kappa shape index (κ2) is 9.84. The van der Waals surface area contributed by atoms with E-state index in [1.807, 2.05) is 115 Å². The van der Waals surface area contributed by atoms with Gasteiger partial charge in [-0.05, 0) is 22.9 Å². The number of nitrogens with zero attached hydrogens (tertiary/aromatic N) is 3. The Morgan fingerprint density at radius 2 is 0.744 bits per heavy atom. The normalized spacial score (nSPS) is 11.1. The van der Waals surface area contributed by atoms with E-state index in [-0.39, 0.29) is 0 Å². The van der Waals surface area contributed by atoms with E-state index in [4.69, 9.17) is 19.7 Å². The standard InChI is InChI=1S/C35H23N3O/c1-4-14-24(15-5-1)33-36-34(25-16-6-2-7-17-25)38-35(37-33)31-27-20-10-12-22-29(27)32(30-23-13-11-21-28(30)31)39-26-18-8-3-9-19-26/h1-23H. The first kappa shape index (κ1) is 22.8. The first-order valence-corrected chi connectivity index (χ1v) is 12.9. The van der Waals surface area contributed by atoms with Gasteiger partial charge in [-0.3, -0.25) is 0 Å². The number of hydrogen-bond donors (Lipinski definition) is 0. The Hall–Kier alpha value is -5.35. The molecule has 0 saturated heterocycles. The fraction of sp³-hybridized carbons (Fsp3) is 0. The smallest absolute Gasteiger partial charge is 0.165 e. The van der Waals surface area contributed by atoms with E-state index in [1.165, 1.54) is 0 Å². The van der Waals surface area contributed by atoms with Crippen LogP contribution in [0.15, 0.2) is 140 Å². The summed E-state index contributed by atoms with van der Waals surface area (Å²) in [6.07, 6.45) is 0. The van der Waals surface area contributed by atoms with Crippen molar-refractivity contribution < 1.29 is 4.74 Å². The van der Waals surface area contributed by atoms with Gasteiger partial charge >= 0.3 is 0 Å². The van der Waals surface area contributed by atoms with Crippen molar-refractivity contribution in [3.63, 3.8) is 0 Å². The molecule has 184 valence electrons. The topological polar surface area (TPSA) is 47.9 Å². The van der Waals surface area contributed by atoms with Gasteiger partial charge in [0, 0.05) is 27.5 Å². The SMILES string of the molecule is c1ccc(Oc2c3ccccc3c(-c3nc(-c4ccccc4)nc(-c4ccccc4)n3)c3ccccc23)cc1. The predicted octanol–water partition coefficient (Wildman–Crippen LogP) is 8.97. The van der Waals surface area contributed by atoms with E-state index in [1.54, 1.807) is 0 Å². The number of hydrogen-bond acceptors (Lipinski definition) is 4. The van der Waals surface area contributed by atoms with Crippen molar-refractivity contribution in [3.8, 4) is 45.7 Å². The number of para-hydroxylation sites is 1. The molecule has 7 aromatic rings. The molecule has 1 aromatic heterocycles. The molecule has 0 aliphatic rings. The van der Waals surface area contributed by atoms with Gasteiger partial charge in [-0.25, -0.2) is 15.0 Å².